The van der Waals surface area contributed by atoms with E-state index < -0.39 is 0 Å². The van der Waals surface area contributed by atoms with Gasteiger partial charge >= 0.3 is 0 Å². The molecule has 2 nitrogen and oxygen atoms in total. The maximum Gasteiger partial charge on any atom is 0.0643 e. The summed E-state index contributed by atoms with van der Waals surface area (Å²) >= 11 is 0. The van der Waals surface area contributed by atoms with Crippen LogP contribution in [0.2, 0.25) is 0 Å². The van der Waals surface area contributed by atoms with Crippen molar-refractivity contribution in [3.05, 3.63) is 34.9 Å². The number of aryl methyl sites for hydroxylation is 2. The van der Waals surface area contributed by atoms with E-state index in [1.54, 1.807) is 0 Å². The van der Waals surface area contributed by atoms with Crippen LogP contribution in [0.25, 0.3) is 0 Å². The van der Waals surface area contributed by atoms with Gasteiger partial charge in [0.2, 0.25) is 0 Å². The van der Waals surface area contributed by atoms with E-state index in [0.717, 1.165) is 13.2 Å². The van der Waals surface area contributed by atoms with Crippen LogP contribution in [0.4, 0.5) is 0 Å². The first-order valence-electron chi connectivity index (χ1n) is 5.57. The lowest BCUT2D eigenvalue weighted by atomic mass is 10.0. The van der Waals surface area contributed by atoms with Gasteiger partial charge in [-0.3, -0.25) is 0 Å². The molecular weight excluding hydrogens is 186 g/mol. The smallest absolute Gasteiger partial charge is 0.0643 e. The molecule has 2 heteroatoms. The monoisotopic (exact) mass is 205 g/mol. The van der Waals surface area contributed by atoms with E-state index in [-0.39, 0.29) is 0 Å². The summed E-state index contributed by atoms with van der Waals surface area (Å²) in [5.41, 5.74) is 4.05. The molecule has 0 amide bonds. The molecule has 0 radical (unpaired) electrons. The Bertz CT molecular complexity index is 324. The fourth-order valence-electron chi connectivity index (χ4n) is 2.04. The standard InChI is InChI=1S/C13H19NO/c1-9-4-10(2)6-12(5-9)11(3)14-13-7-15-8-13/h4-6,11,13-14H,7-8H2,1-3H3. The summed E-state index contributed by atoms with van der Waals surface area (Å²) in [6.07, 6.45) is 0. The zero-order valence-electron chi connectivity index (χ0n) is 9.71. The van der Waals surface area contributed by atoms with Crippen LogP contribution in [0.3, 0.4) is 0 Å². The van der Waals surface area contributed by atoms with E-state index in [1.165, 1.54) is 16.7 Å². The van der Waals surface area contributed by atoms with Gasteiger partial charge in [0.1, 0.15) is 0 Å². The summed E-state index contributed by atoms with van der Waals surface area (Å²) in [7, 11) is 0. The normalized spacial score (nSPS) is 18.6. The average Bonchev–Trinajstić information content (AvgIpc) is 2.09. The molecule has 1 heterocycles. The van der Waals surface area contributed by atoms with Crippen molar-refractivity contribution in [2.45, 2.75) is 32.9 Å². The third kappa shape index (κ3) is 2.58. The molecule has 0 aliphatic carbocycles. The summed E-state index contributed by atoms with van der Waals surface area (Å²) in [4.78, 5) is 0. The SMILES string of the molecule is Cc1cc(C)cc(C(C)NC2COC2)c1. The number of hydrogen-bond acceptors (Lipinski definition) is 2. The second-order valence-corrected chi connectivity index (χ2v) is 4.54. The number of ether oxygens (including phenoxy) is 1. The Kier molecular flexibility index (Phi) is 3.08. The van der Waals surface area contributed by atoms with Gasteiger partial charge in [-0.2, -0.15) is 0 Å². The molecule has 1 atom stereocenters. The Morgan fingerprint density at radius 1 is 1.20 bits per heavy atom. The molecule has 0 aromatic heterocycles. The molecule has 1 aliphatic heterocycles. The van der Waals surface area contributed by atoms with Crippen molar-refractivity contribution in [1.82, 2.24) is 5.32 Å². The molecule has 82 valence electrons. The average molecular weight is 205 g/mol. The fourth-order valence-corrected chi connectivity index (χ4v) is 2.04. The third-order valence-electron chi connectivity index (χ3n) is 2.87. The molecule has 1 fully saturated rings. The van der Waals surface area contributed by atoms with Crippen molar-refractivity contribution in [3.63, 3.8) is 0 Å². The summed E-state index contributed by atoms with van der Waals surface area (Å²) in [5, 5.41) is 3.56. The van der Waals surface area contributed by atoms with Crippen LogP contribution in [0.1, 0.15) is 29.7 Å². The third-order valence-corrected chi connectivity index (χ3v) is 2.87. The Balaban J connectivity index is 2.06. The van der Waals surface area contributed by atoms with E-state index in [1.807, 2.05) is 0 Å². The van der Waals surface area contributed by atoms with Crippen LogP contribution in [-0.2, 0) is 4.74 Å². The van der Waals surface area contributed by atoms with Crippen LogP contribution in [0.15, 0.2) is 18.2 Å². The maximum absolute atomic E-state index is 5.16. The Hall–Kier alpha value is -0.860. The highest BCUT2D eigenvalue weighted by atomic mass is 16.5. The maximum atomic E-state index is 5.16. The molecule has 1 aromatic rings. The molecule has 0 spiro atoms. The number of rotatable bonds is 3. The van der Waals surface area contributed by atoms with Crippen LogP contribution >= 0.6 is 0 Å². The fraction of sp³-hybridized carbons (Fsp3) is 0.538. The molecule has 2 rings (SSSR count). The molecule has 0 bridgehead atoms. The topological polar surface area (TPSA) is 21.3 Å². The number of hydrogen-bond donors (Lipinski definition) is 1. The predicted molar refractivity (Wildman–Crippen MR) is 62.1 cm³/mol. The minimum atomic E-state index is 0.414. The summed E-state index contributed by atoms with van der Waals surface area (Å²) in [6, 6.07) is 7.68. The predicted octanol–water partition coefficient (Wildman–Crippen LogP) is 2.35. The lowest BCUT2D eigenvalue weighted by molar-refractivity contribution is -0.00925. The van der Waals surface area contributed by atoms with Crippen LogP contribution in [-0.4, -0.2) is 19.3 Å². The van der Waals surface area contributed by atoms with Gasteiger partial charge in [0.15, 0.2) is 0 Å². The van der Waals surface area contributed by atoms with Crippen molar-refractivity contribution < 1.29 is 4.74 Å². The highest BCUT2D eigenvalue weighted by Gasteiger charge is 2.20. The van der Waals surface area contributed by atoms with Crippen molar-refractivity contribution in [1.29, 1.82) is 0 Å². The van der Waals surface area contributed by atoms with E-state index in [9.17, 15) is 0 Å². The van der Waals surface area contributed by atoms with Gasteiger partial charge in [0.25, 0.3) is 0 Å². The Morgan fingerprint density at radius 3 is 2.27 bits per heavy atom. The van der Waals surface area contributed by atoms with Gasteiger partial charge in [-0.05, 0) is 26.3 Å². The quantitative estimate of drug-likeness (QED) is 0.818. The summed E-state index contributed by atoms with van der Waals surface area (Å²) in [6.45, 7) is 8.22. The van der Waals surface area contributed by atoms with Gasteiger partial charge in [0, 0.05) is 6.04 Å². The highest BCUT2D eigenvalue weighted by Crippen LogP contribution is 2.18. The van der Waals surface area contributed by atoms with Crippen LogP contribution in [0.5, 0.6) is 0 Å². The van der Waals surface area contributed by atoms with Gasteiger partial charge < -0.3 is 10.1 Å². The molecule has 1 aromatic carbocycles. The zero-order valence-corrected chi connectivity index (χ0v) is 9.71. The molecule has 15 heavy (non-hydrogen) atoms. The van der Waals surface area contributed by atoms with Crippen molar-refractivity contribution in [2.75, 3.05) is 13.2 Å². The summed E-state index contributed by atoms with van der Waals surface area (Å²) < 4.78 is 5.16. The van der Waals surface area contributed by atoms with E-state index in [4.69, 9.17) is 4.74 Å². The zero-order chi connectivity index (χ0) is 10.8. The minimum absolute atomic E-state index is 0.414. The first-order valence-corrected chi connectivity index (χ1v) is 5.57. The molecule has 0 saturated carbocycles. The molecular formula is C13H19NO. The van der Waals surface area contributed by atoms with Crippen LogP contribution in [0, 0.1) is 13.8 Å². The largest absolute Gasteiger partial charge is 0.378 e. The van der Waals surface area contributed by atoms with E-state index in [0.29, 0.717) is 12.1 Å². The minimum Gasteiger partial charge on any atom is -0.378 e. The molecule has 1 N–H and O–H groups in total. The second-order valence-electron chi connectivity index (χ2n) is 4.54. The highest BCUT2D eigenvalue weighted by molar-refractivity contribution is 5.30. The Labute approximate surface area is 91.6 Å². The molecule has 1 unspecified atom stereocenters. The van der Waals surface area contributed by atoms with Crippen molar-refractivity contribution in [2.24, 2.45) is 0 Å². The van der Waals surface area contributed by atoms with Crippen molar-refractivity contribution >= 4 is 0 Å². The van der Waals surface area contributed by atoms with E-state index >= 15 is 0 Å². The number of nitrogens with one attached hydrogen (secondary N) is 1. The first-order chi connectivity index (χ1) is 7.15. The van der Waals surface area contributed by atoms with Gasteiger partial charge in [0.05, 0.1) is 19.3 Å². The van der Waals surface area contributed by atoms with E-state index in [2.05, 4.69) is 44.3 Å². The molecule has 1 aliphatic rings. The number of benzene rings is 1. The second kappa shape index (κ2) is 4.33. The lowest BCUT2D eigenvalue weighted by Crippen LogP contribution is -2.46. The van der Waals surface area contributed by atoms with Crippen molar-refractivity contribution in [3.8, 4) is 0 Å². The summed E-state index contributed by atoms with van der Waals surface area (Å²) in [5.74, 6) is 0. The first kappa shape index (κ1) is 10.7. The molecule has 1 saturated heterocycles. The Morgan fingerprint density at radius 2 is 1.80 bits per heavy atom. The van der Waals surface area contributed by atoms with Gasteiger partial charge in [-0.25, -0.2) is 0 Å². The lowest BCUT2D eigenvalue weighted by Gasteiger charge is -2.30. The van der Waals surface area contributed by atoms with Gasteiger partial charge in [-0.15, -0.1) is 0 Å². The van der Waals surface area contributed by atoms with Crippen LogP contribution < -0.4 is 5.32 Å². The van der Waals surface area contributed by atoms with Gasteiger partial charge in [-0.1, -0.05) is 29.3 Å².